The molecule has 3 aromatic heterocycles. The molecule has 6 nitrogen and oxygen atoms in total. The highest BCUT2D eigenvalue weighted by Gasteiger charge is 2.17. The molecule has 0 unspecified atom stereocenters. The van der Waals surface area contributed by atoms with Gasteiger partial charge in [0.1, 0.15) is 5.82 Å². The second kappa shape index (κ2) is 6.66. The topological polar surface area (TPSA) is 77.0 Å². The first-order valence-corrected chi connectivity index (χ1v) is 7.82. The van der Waals surface area contributed by atoms with Crippen molar-refractivity contribution in [2.45, 2.75) is 13.5 Å². The van der Waals surface area contributed by atoms with Crippen LogP contribution in [0.25, 0.3) is 10.2 Å². The highest BCUT2D eigenvalue weighted by molar-refractivity contribution is 7.17. The smallest absolute Gasteiger partial charge is 0.358 e. The summed E-state index contributed by atoms with van der Waals surface area (Å²) >= 11 is 1.39. The number of halogens is 1. The number of fused-ring (bicyclic) bond motifs is 1. The molecule has 1 N–H and O–H groups in total. The second-order valence-corrected chi connectivity index (χ2v) is 5.49. The number of hydrogen-bond acceptors (Lipinski definition) is 7. The molecule has 0 saturated carbocycles. The minimum absolute atomic E-state index is 0.237. The van der Waals surface area contributed by atoms with Crippen molar-refractivity contribution in [3.63, 3.8) is 0 Å². The van der Waals surface area contributed by atoms with Gasteiger partial charge in [-0.05, 0) is 30.5 Å². The molecule has 0 aromatic carbocycles. The maximum atomic E-state index is 12.8. The lowest BCUT2D eigenvalue weighted by atomic mass is 10.3. The van der Waals surface area contributed by atoms with Crippen LogP contribution in [0, 0.1) is 5.82 Å². The molecule has 3 rings (SSSR count). The fourth-order valence-corrected chi connectivity index (χ4v) is 2.77. The molecule has 118 valence electrons. The fraction of sp³-hybridized carbons (Fsp3) is 0.200. The summed E-state index contributed by atoms with van der Waals surface area (Å²) in [5.74, 6) is -0.579. The van der Waals surface area contributed by atoms with Crippen molar-refractivity contribution in [2.24, 2.45) is 0 Å². The van der Waals surface area contributed by atoms with Gasteiger partial charge < -0.3 is 10.1 Å². The van der Waals surface area contributed by atoms with Gasteiger partial charge in [-0.15, -0.1) is 11.3 Å². The summed E-state index contributed by atoms with van der Waals surface area (Å²) in [5.41, 5.74) is 1.54. The van der Waals surface area contributed by atoms with Crippen LogP contribution in [-0.2, 0) is 11.3 Å². The molecular formula is C15H13FN4O2S. The third-order valence-electron chi connectivity index (χ3n) is 2.99. The van der Waals surface area contributed by atoms with E-state index in [-0.39, 0.29) is 12.3 Å². The van der Waals surface area contributed by atoms with Crippen LogP contribution in [-0.4, -0.2) is 27.5 Å². The van der Waals surface area contributed by atoms with Crippen molar-refractivity contribution < 1.29 is 13.9 Å². The van der Waals surface area contributed by atoms with Gasteiger partial charge in [0.15, 0.2) is 5.69 Å². The van der Waals surface area contributed by atoms with Gasteiger partial charge in [-0.2, -0.15) is 0 Å². The summed E-state index contributed by atoms with van der Waals surface area (Å²) in [7, 11) is 0. The standard InChI is InChI=1S/C15H13FN4O2S/c1-2-22-14(21)12-13-11(5-6-23-13)19-15(20-12)18-8-10-4-3-9(16)7-17-10/h3-7H,2,8H2,1H3,(H,18,19,20). The van der Waals surface area contributed by atoms with Gasteiger partial charge in [-0.1, -0.05) is 0 Å². The predicted molar refractivity (Wildman–Crippen MR) is 84.9 cm³/mol. The first kappa shape index (κ1) is 15.3. The maximum Gasteiger partial charge on any atom is 0.358 e. The number of carbonyl (C=O) groups is 1. The Bertz CT molecular complexity index is 835. The van der Waals surface area contributed by atoms with E-state index >= 15 is 0 Å². The number of thiophene rings is 1. The molecule has 0 spiro atoms. The Morgan fingerprint density at radius 1 is 1.35 bits per heavy atom. The van der Waals surface area contributed by atoms with E-state index in [0.29, 0.717) is 28.4 Å². The first-order chi connectivity index (χ1) is 11.2. The van der Waals surface area contributed by atoms with Crippen molar-refractivity contribution in [2.75, 3.05) is 11.9 Å². The van der Waals surface area contributed by atoms with Gasteiger partial charge in [-0.25, -0.2) is 19.2 Å². The summed E-state index contributed by atoms with van der Waals surface area (Å²) < 4.78 is 18.6. The van der Waals surface area contributed by atoms with Crippen LogP contribution in [0.1, 0.15) is 23.1 Å². The minimum atomic E-state index is -0.481. The van der Waals surface area contributed by atoms with Crippen molar-refractivity contribution in [3.8, 4) is 0 Å². The van der Waals surface area contributed by atoms with Crippen LogP contribution >= 0.6 is 11.3 Å². The van der Waals surface area contributed by atoms with E-state index in [2.05, 4.69) is 20.3 Å². The third-order valence-corrected chi connectivity index (χ3v) is 3.90. The zero-order valence-corrected chi connectivity index (χ0v) is 13.1. The number of nitrogens with zero attached hydrogens (tertiary/aromatic N) is 3. The highest BCUT2D eigenvalue weighted by atomic mass is 32.1. The summed E-state index contributed by atoms with van der Waals surface area (Å²) in [6.45, 7) is 2.33. The molecule has 0 bridgehead atoms. The van der Waals surface area contributed by atoms with Gasteiger partial charge in [-0.3, -0.25) is 4.98 Å². The minimum Gasteiger partial charge on any atom is -0.461 e. The third kappa shape index (κ3) is 3.42. The van der Waals surface area contributed by atoms with E-state index in [4.69, 9.17) is 4.74 Å². The Morgan fingerprint density at radius 3 is 2.96 bits per heavy atom. The number of nitrogens with one attached hydrogen (secondary N) is 1. The molecule has 3 heterocycles. The van der Waals surface area contributed by atoms with Gasteiger partial charge in [0.25, 0.3) is 0 Å². The van der Waals surface area contributed by atoms with Gasteiger partial charge >= 0.3 is 5.97 Å². The number of hydrogen-bond donors (Lipinski definition) is 1. The average molecular weight is 332 g/mol. The summed E-state index contributed by atoms with van der Waals surface area (Å²) in [6.07, 6.45) is 1.14. The molecule has 0 radical (unpaired) electrons. The Labute approximate surface area is 135 Å². The molecule has 3 aromatic rings. The van der Waals surface area contributed by atoms with Crippen LogP contribution in [0.5, 0.6) is 0 Å². The van der Waals surface area contributed by atoms with Gasteiger partial charge in [0.05, 0.1) is 35.3 Å². The molecule has 0 fully saturated rings. The SMILES string of the molecule is CCOC(=O)c1nc(NCc2ccc(F)cn2)nc2ccsc12. The quantitative estimate of drug-likeness (QED) is 0.724. The number of anilines is 1. The number of esters is 1. The Kier molecular flexibility index (Phi) is 4.42. The molecule has 0 aliphatic heterocycles. The zero-order valence-electron chi connectivity index (χ0n) is 12.2. The Hall–Kier alpha value is -2.61. The molecule has 8 heteroatoms. The number of aromatic nitrogens is 3. The van der Waals surface area contributed by atoms with E-state index in [1.165, 1.54) is 17.4 Å². The number of ether oxygens (including phenoxy) is 1. The summed E-state index contributed by atoms with van der Waals surface area (Å²) in [6, 6.07) is 4.71. The largest absolute Gasteiger partial charge is 0.461 e. The van der Waals surface area contributed by atoms with Crippen molar-refractivity contribution in [1.29, 1.82) is 0 Å². The second-order valence-electron chi connectivity index (χ2n) is 4.57. The Morgan fingerprint density at radius 2 is 2.22 bits per heavy atom. The molecule has 0 aliphatic rings. The molecule has 0 saturated heterocycles. The van der Waals surface area contributed by atoms with Crippen molar-refractivity contribution in [3.05, 3.63) is 47.0 Å². The summed E-state index contributed by atoms with van der Waals surface area (Å²) in [4.78, 5) is 24.6. The first-order valence-electron chi connectivity index (χ1n) is 6.94. The maximum absolute atomic E-state index is 12.8. The zero-order chi connectivity index (χ0) is 16.2. The number of carbonyl (C=O) groups excluding carboxylic acids is 1. The van der Waals surface area contributed by atoms with Crippen LogP contribution in [0.2, 0.25) is 0 Å². The lowest BCUT2D eigenvalue weighted by Gasteiger charge is -2.07. The molecular weight excluding hydrogens is 319 g/mol. The fourth-order valence-electron chi connectivity index (χ4n) is 1.96. The number of pyridine rings is 1. The molecule has 0 aliphatic carbocycles. The average Bonchev–Trinajstić information content (AvgIpc) is 3.02. The van der Waals surface area contributed by atoms with Gasteiger partial charge in [0.2, 0.25) is 5.95 Å². The normalized spacial score (nSPS) is 10.7. The Balaban J connectivity index is 1.85. The van der Waals surface area contributed by atoms with Crippen molar-refractivity contribution >= 4 is 33.5 Å². The molecule has 0 atom stereocenters. The van der Waals surface area contributed by atoms with Crippen LogP contribution in [0.3, 0.4) is 0 Å². The number of rotatable bonds is 5. The lowest BCUT2D eigenvalue weighted by molar-refractivity contribution is 0.0522. The lowest BCUT2D eigenvalue weighted by Crippen LogP contribution is -2.11. The van der Waals surface area contributed by atoms with Crippen molar-refractivity contribution in [1.82, 2.24) is 15.0 Å². The highest BCUT2D eigenvalue weighted by Crippen LogP contribution is 2.24. The van der Waals surface area contributed by atoms with E-state index in [1.54, 1.807) is 13.0 Å². The van der Waals surface area contributed by atoms with Crippen LogP contribution in [0.4, 0.5) is 10.3 Å². The van der Waals surface area contributed by atoms with E-state index in [1.807, 2.05) is 11.4 Å². The van der Waals surface area contributed by atoms with Gasteiger partial charge in [0, 0.05) is 0 Å². The molecule has 23 heavy (non-hydrogen) atoms. The van der Waals surface area contributed by atoms with E-state index < -0.39 is 11.8 Å². The van der Waals surface area contributed by atoms with Crippen LogP contribution in [0.15, 0.2) is 29.8 Å². The van der Waals surface area contributed by atoms with Crippen LogP contribution < -0.4 is 5.32 Å². The monoisotopic (exact) mass is 332 g/mol. The molecule has 0 amide bonds. The van der Waals surface area contributed by atoms with E-state index in [9.17, 15) is 9.18 Å². The predicted octanol–water partition coefficient (Wildman–Crippen LogP) is 3.01. The van der Waals surface area contributed by atoms with E-state index in [0.717, 1.165) is 6.20 Å². The summed E-state index contributed by atoms with van der Waals surface area (Å²) in [5, 5.41) is 4.83.